The number of pyridine rings is 1. The van der Waals surface area contributed by atoms with Crippen LogP contribution in [0.5, 0.6) is 5.75 Å². The summed E-state index contributed by atoms with van der Waals surface area (Å²) >= 11 is 0. The van der Waals surface area contributed by atoms with E-state index in [1.165, 1.54) is 0 Å². The Labute approximate surface area is 188 Å². The van der Waals surface area contributed by atoms with E-state index in [1.54, 1.807) is 11.6 Å². The number of nitrogens with zero attached hydrogens (tertiary/aromatic N) is 3. The number of benzene rings is 3. The maximum atomic E-state index is 13.5. The smallest absolute Gasteiger partial charge is 0.263 e. The van der Waals surface area contributed by atoms with Gasteiger partial charge in [0, 0.05) is 12.4 Å². The van der Waals surface area contributed by atoms with Crippen LogP contribution in [0.3, 0.4) is 0 Å². The molecular weight excluding hydrogens is 414 g/mol. The number of hydrogen-bond donors (Lipinski definition) is 3. The van der Waals surface area contributed by atoms with Crippen molar-refractivity contribution in [3.8, 4) is 16.9 Å². The average Bonchev–Trinajstić information content (AvgIpc) is 3.52. The van der Waals surface area contributed by atoms with Gasteiger partial charge in [-0.2, -0.15) is 5.10 Å². The van der Waals surface area contributed by atoms with E-state index >= 15 is 0 Å². The molecule has 1 aliphatic carbocycles. The number of aromatic nitrogens is 1. The van der Waals surface area contributed by atoms with E-state index in [1.807, 2.05) is 48.5 Å². The van der Waals surface area contributed by atoms with Gasteiger partial charge < -0.3 is 15.1 Å². The summed E-state index contributed by atoms with van der Waals surface area (Å²) < 4.78 is 1.56. The fourth-order valence-electron chi connectivity index (χ4n) is 5.71. The molecule has 1 saturated heterocycles. The van der Waals surface area contributed by atoms with Gasteiger partial charge in [0.05, 0.1) is 17.1 Å². The summed E-state index contributed by atoms with van der Waals surface area (Å²) in [6.07, 6.45) is 0. The molecule has 1 fully saturated rings. The average molecular weight is 433 g/mol. The number of para-hydroxylation sites is 1. The minimum absolute atomic E-state index is 0.0643. The zero-order valence-corrected chi connectivity index (χ0v) is 17.7. The molecule has 7 heteroatoms. The van der Waals surface area contributed by atoms with Crippen LogP contribution in [0.4, 0.5) is 0 Å². The first-order valence-electron chi connectivity index (χ1n) is 10.8. The summed E-state index contributed by atoms with van der Waals surface area (Å²) in [6, 6.07) is 23.8. The normalized spacial score (nSPS) is 19.1. The molecule has 1 aromatic heterocycles. The monoisotopic (exact) mass is 433 g/mol. The van der Waals surface area contributed by atoms with E-state index in [0.29, 0.717) is 22.5 Å². The Morgan fingerprint density at radius 1 is 0.909 bits per heavy atom. The SMILES string of the molecule is Cn1c(=O)c(C2=NN=C3NNC4(c5ccccc5-c5ccccc54)C32)c(O)c2ccccc21. The molecular formula is C26H19N5O2. The van der Waals surface area contributed by atoms with Crippen molar-refractivity contribution in [2.75, 3.05) is 0 Å². The van der Waals surface area contributed by atoms with Crippen molar-refractivity contribution in [2.45, 2.75) is 5.54 Å². The van der Waals surface area contributed by atoms with E-state index in [2.05, 4.69) is 45.3 Å². The van der Waals surface area contributed by atoms with E-state index in [9.17, 15) is 9.90 Å². The molecule has 0 amide bonds. The Balaban J connectivity index is 1.52. The highest BCUT2D eigenvalue weighted by Gasteiger charge is 2.58. The maximum Gasteiger partial charge on any atom is 0.263 e. The second-order valence-electron chi connectivity index (χ2n) is 8.66. The van der Waals surface area contributed by atoms with Crippen LogP contribution >= 0.6 is 0 Å². The molecule has 7 nitrogen and oxygen atoms in total. The number of hydrazine groups is 1. The molecule has 3 aliphatic rings. The van der Waals surface area contributed by atoms with Crippen LogP contribution in [0.2, 0.25) is 0 Å². The Bertz CT molecular complexity index is 1590. The van der Waals surface area contributed by atoms with Crippen LogP contribution in [0.15, 0.2) is 87.8 Å². The molecule has 3 N–H and O–H groups in total. The molecule has 1 atom stereocenters. The van der Waals surface area contributed by atoms with Gasteiger partial charge in [-0.1, -0.05) is 60.7 Å². The van der Waals surface area contributed by atoms with Crippen LogP contribution in [-0.2, 0) is 12.6 Å². The third-order valence-corrected chi connectivity index (χ3v) is 7.16. The zero-order chi connectivity index (χ0) is 22.3. The summed E-state index contributed by atoms with van der Waals surface area (Å²) in [5, 5.41) is 20.7. The van der Waals surface area contributed by atoms with Gasteiger partial charge in [0.25, 0.3) is 5.56 Å². The zero-order valence-electron chi connectivity index (χ0n) is 17.7. The summed E-state index contributed by atoms with van der Waals surface area (Å²) in [5.41, 5.74) is 11.4. The Kier molecular flexibility index (Phi) is 3.43. The number of fused-ring (bicyclic) bond motifs is 8. The molecule has 3 aromatic carbocycles. The highest BCUT2D eigenvalue weighted by atomic mass is 16.3. The minimum atomic E-state index is -0.704. The largest absolute Gasteiger partial charge is 0.506 e. The lowest BCUT2D eigenvalue weighted by atomic mass is 9.73. The van der Waals surface area contributed by atoms with Gasteiger partial charge in [0.15, 0.2) is 5.84 Å². The molecule has 0 saturated carbocycles. The van der Waals surface area contributed by atoms with Gasteiger partial charge in [0.2, 0.25) is 0 Å². The Morgan fingerprint density at radius 3 is 2.27 bits per heavy atom. The van der Waals surface area contributed by atoms with Crippen molar-refractivity contribution in [2.24, 2.45) is 23.2 Å². The van der Waals surface area contributed by atoms with Crippen molar-refractivity contribution in [3.63, 3.8) is 0 Å². The third-order valence-electron chi connectivity index (χ3n) is 7.16. The van der Waals surface area contributed by atoms with E-state index < -0.39 is 11.5 Å². The first kappa shape index (κ1) is 18.4. The number of nitrogens with one attached hydrogen (secondary N) is 2. The number of aryl methyl sites for hydroxylation is 1. The fraction of sp³-hybridized carbons (Fsp3) is 0.115. The number of aromatic hydroxyl groups is 1. The molecule has 3 heterocycles. The molecule has 0 radical (unpaired) electrons. The molecule has 2 aliphatic heterocycles. The van der Waals surface area contributed by atoms with Gasteiger partial charge in [0.1, 0.15) is 16.9 Å². The van der Waals surface area contributed by atoms with Crippen LogP contribution in [-0.4, -0.2) is 21.2 Å². The van der Waals surface area contributed by atoms with Crippen molar-refractivity contribution < 1.29 is 5.11 Å². The van der Waals surface area contributed by atoms with E-state index in [-0.39, 0.29) is 16.9 Å². The van der Waals surface area contributed by atoms with Crippen LogP contribution in [0, 0.1) is 5.92 Å². The first-order valence-corrected chi connectivity index (χ1v) is 10.8. The van der Waals surface area contributed by atoms with Crippen molar-refractivity contribution in [3.05, 3.63) is 99.8 Å². The van der Waals surface area contributed by atoms with E-state index in [0.717, 1.165) is 22.3 Å². The molecule has 33 heavy (non-hydrogen) atoms. The lowest BCUT2D eigenvalue weighted by molar-refractivity contribution is 0.417. The maximum absolute atomic E-state index is 13.5. The summed E-state index contributed by atoms with van der Waals surface area (Å²) in [5.74, 6) is 0.165. The topological polar surface area (TPSA) is 91.0 Å². The molecule has 1 unspecified atom stereocenters. The van der Waals surface area contributed by atoms with Crippen LogP contribution < -0.4 is 16.4 Å². The number of rotatable bonds is 1. The highest BCUT2D eigenvalue weighted by Crippen LogP contribution is 2.54. The lowest BCUT2D eigenvalue weighted by Gasteiger charge is -2.31. The van der Waals surface area contributed by atoms with Gasteiger partial charge >= 0.3 is 0 Å². The van der Waals surface area contributed by atoms with Crippen molar-refractivity contribution in [1.29, 1.82) is 0 Å². The summed E-state index contributed by atoms with van der Waals surface area (Å²) in [4.78, 5) is 13.5. The van der Waals surface area contributed by atoms with Gasteiger partial charge in [-0.25, -0.2) is 5.43 Å². The third kappa shape index (κ3) is 2.10. The van der Waals surface area contributed by atoms with Crippen LogP contribution in [0.1, 0.15) is 16.7 Å². The summed E-state index contributed by atoms with van der Waals surface area (Å²) in [6.45, 7) is 0. The van der Waals surface area contributed by atoms with E-state index in [4.69, 9.17) is 0 Å². The fourth-order valence-corrected chi connectivity index (χ4v) is 5.71. The standard InChI is InChI=1S/C26H19N5O2/c1-31-19-13-7-4-10-16(19)23(32)20(25(31)33)22-21-24(28-27-22)29-30-26(21)17-11-5-2-8-14(17)15-9-3-6-12-18(15)26/h2-13,21,30,32H,1H3,(H,28,29). The number of amidine groups is 1. The minimum Gasteiger partial charge on any atom is -0.506 e. The molecule has 0 bridgehead atoms. The molecule has 160 valence electrons. The van der Waals surface area contributed by atoms with Crippen molar-refractivity contribution in [1.82, 2.24) is 15.4 Å². The quantitative estimate of drug-likeness (QED) is 0.430. The second-order valence-corrected chi connectivity index (χ2v) is 8.66. The Morgan fingerprint density at radius 2 is 1.55 bits per heavy atom. The van der Waals surface area contributed by atoms with Gasteiger partial charge in [-0.15, -0.1) is 5.10 Å². The molecule has 4 aromatic rings. The second kappa shape index (κ2) is 6.17. The summed E-state index contributed by atoms with van der Waals surface area (Å²) in [7, 11) is 1.71. The lowest BCUT2D eigenvalue weighted by Crippen LogP contribution is -2.47. The van der Waals surface area contributed by atoms with Crippen LogP contribution in [0.25, 0.3) is 22.0 Å². The van der Waals surface area contributed by atoms with Crippen molar-refractivity contribution >= 4 is 22.5 Å². The molecule has 7 rings (SSSR count). The predicted octanol–water partition coefficient (Wildman–Crippen LogP) is 3.01. The van der Waals surface area contributed by atoms with Gasteiger partial charge in [-0.05, 0) is 34.4 Å². The highest BCUT2D eigenvalue weighted by molar-refractivity contribution is 6.21. The Hall–Kier alpha value is -4.23. The predicted molar refractivity (Wildman–Crippen MR) is 127 cm³/mol. The molecule has 1 spiro atoms. The number of hydrogen-bond acceptors (Lipinski definition) is 6. The van der Waals surface area contributed by atoms with Gasteiger partial charge in [-0.3, -0.25) is 4.79 Å². The first-order chi connectivity index (χ1) is 16.1.